The minimum absolute atomic E-state index is 0.0299. The Morgan fingerprint density at radius 3 is 2.17 bits per heavy atom. The number of ketones is 2. The number of aromatic hydroxyl groups is 2. The van der Waals surface area contributed by atoms with Crippen LogP contribution in [0.2, 0.25) is 0 Å². The molecule has 6 atom stereocenters. The fourth-order valence-electron chi connectivity index (χ4n) is 4.99. The monoisotopic (exact) mass is 508 g/mol. The summed E-state index contributed by atoms with van der Waals surface area (Å²) in [6, 6.07) is 0. The maximum Gasteiger partial charge on any atom is 0.336 e. The Balaban J connectivity index is 1.99. The maximum atomic E-state index is 13.0. The van der Waals surface area contributed by atoms with E-state index in [4.69, 9.17) is 4.74 Å². The highest BCUT2D eigenvalue weighted by Crippen LogP contribution is 2.50. The van der Waals surface area contributed by atoms with Gasteiger partial charge in [-0.05, 0) is 12.5 Å². The molecule has 8 N–H and O–H groups in total. The molecule has 13 nitrogen and oxygen atoms in total. The summed E-state index contributed by atoms with van der Waals surface area (Å²) in [6.07, 6.45) is -11.1. The molecule has 0 radical (unpaired) electrons. The molecule has 0 amide bonds. The molecule has 1 fully saturated rings. The highest BCUT2D eigenvalue weighted by molar-refractivity contribution is 6.53. The van der Waals surface area contributed by atoms with Gasteiger partial charge in [0.2, 0.25) is 11.6 Å². The van der Waals surface area contributed by atoms with Crippen LogP contribution in [0.25, 0.3) is 11.3 Å². The summed E-state index contributed by atoms with van der Waals surface area (Å²) in [6.45, 7) is 0.477. The van der Waals surface area contributed by atoms with E-state index < -0.39 is 101 Å². The topological polar surface area (TPSA) is 232 Å². The lowest BCUT2D eigenvalue weighted by Crippen LogP contribution is -2.60. The molecule has 36 heavy (non-hydrogen) atoms. The lowest BCUT2D eigenvalue weighted by molar-refractivity contribution is -0.219. The van der Waals surface area contributed by atoms with Gasteiger partial charge in [-0.2, -0.15) is 0 Å². The number of fused-ring (bicyclic) bond motifs is 2. The van der Waals surface area contributed by atoms with Crippen LogP contribution < -0.4 is 0 Å². The Hall–Kier alpha value is -3.33. The van der Waals surface area contributed by atoms with E-state index >= 15 is 0 Å². The van der Waals surface area contributed by atoms with E-state index in [2.05, 4.69) is 4.74 Å². The Bertz CT molecular complexity index is 1240. The number of rotatable bonds is 3. The first-order chi connectivity index (χ1) is 16.9. The van der Waals surface area contributed by atoms with Gasteiger partial charge in [-0.15, -0.1) is 0 Å². The first-order valence-corrected chi connectivity index (χ1v) is 10.8. The third-order valence-electron chi connectivity index (χ3n) is 6.81. The summed E-state index contributed by atoms with van der Waals surface area (Å²) in [7, 11) is 1.07. The Labute approximate surface area is 202 Å². The quantitative estimate of drug-likeness (QED) is 0.124. The van der Waals surface area contributed by atoms with E-state index in [1.807, 2.05) is 0 Å². The van der Waals surface area contributed by atoms with Crippen molar-refractivity contribution in [2.45, 2.75) is 50.0 Å². The number of hydrogen-bond donors (Lipinski definition) is 8. The highest BCUT2D eigenvalue weighted by atomic mass is 16.5. The van der Waals surface area contributed by atoms with Gasteiger partial charge in [-0.1, -0.05) is 0 Å². The number of allylic oxidation sites excluding steroid dienone is 1. The van der Waals surface area contributed by atoms with Crippen molar-refractivity contribution in [2.75, 3.05) is 13.7 Å². The SMILES string of the molecule is COC(=O)C1=C(C)c2c(O)c3c(c(O)c2CC1O)C(=O)C(=O)C(C1O[C@H](CO)[C@@H](O)[C@H](O)[C@H]1O)=C3O. The zero-order chi connectivity index (χ0) is 26.8. The van der Waals surface area contributed by atoms with E-state index in [0.717, 1.165) is 7.11 Å². The van der Waals surface area contributed by atoms with Gasteiger partial charge in [0.25, 0.3) is 0 Å². The molecule has 194 valence electrons. The van der Waals surface area contributed by atoms with Crippen molar-refractivity contribution in [3.63, 3.8) is 0 Å². The molecular weight excluding hydrogens is 484 g/mol. The van der Waals surface area contributed by atoms with Crippen molar-refractivity contribution in [2.24, 2.45) is 0 Å². The van der Waals surface area contributed by atoms with Crippen molar-refractivity contribution < 1.29 is 64.7 Å². The summed E-state index contributed by atoms with van der Waals surface area (Å²) < 4.78 is 9.97. The minimum atomic E-state index is -2.03. The second kappa shape index (κ2) is 8.96. The Morgan fingerprint density at radius 1 is 0.944 bits per heavy atom. The molecule has 0 bridgehead atoms. The molecular formula is C23H24O13. The predicted molar refractivity (Wildman–Crippen MR) is 117 cm³/mol. The van der Waals surface area contributed by atoms with Crippen LogP contribution >= 0.6 is 0 Å². The molecule has 2 aliphatic carbocycles. The van der Waals surface area contributed by atoms with E-state index in [1.165, 1.54) is 6.92 Å². The number of carbonyl (C=O) groups is 3. The molecule has 3 aliphatic rings. The summed E-state index contributed by atoms with van der Waals surface area (Å²) in [5, 5.41) is 83.4. The second-order valence-corrected chi connectivity index (χ2v) is 8.72. The molecule has 1 aromatic rings. The number of esters is 1. The number of phenols is 2. The largest absolute Gasteiger partial charge is 0.507 e. The molecule has 1 heterocycles. The van der Waals surface area contributed by atoms with Gasteiger partial charge in [0.15, 0.2) is 0 Å². The fourth-order valence-corrected chi connectivity index (χ4v) is 4.99. The highest BCUT2D eigenvalue weighted by Gasteiger charge is 2.51. The van der Waals surface area contributed by atoms with Crippen molar-refractivity contribution in [1.82, 2.24) is 0 Å². The average molecular weight is 508 g/mol. The fraction of sp³-hybridized carbons (Fsp3) is 0.435. The first-order valence-electron chi connectivity index (χ1n) is 10.8. The molecule has 1 aromatic carbocycles. The van der Waals surface area contributed by atoms with Gasteiger partial charge in [0.05, 0.1) is 42.1 Å². The zero-order valence-electron chi connectivity index (χ0n) is 19.0. The smallest absolute Gasteiger partial charge is 0.336 e. The maximum absolute atomic E-state index is 13.0. The van der Waals surface area contributed by atoms with Crippen LogP contribution in [-0.4, -0.2) is 109 Å². The number of benzene rings is 1. The van der Waals surface area contributed by atoms with Crippen molar-refractivity contribution in [3.8, 4) is 11.5 Å². The molecule has 0 saturated carbocycles. The lowest BCUT2D eigenvalue weighted by Gasteiger charge is -2.41. The number of phenolic OH excluding ortho intramolecular Hbond substituents is 2. The standard InChI is InChI=1S/C23H24O13/c1-5-9-6(3-7(25)10(5)23(34)35-2)14(26)11-12(16(9)28)17(29)13(19(31)18(11)30)22-21(33)20(32)15(27)8(4-24)36-22/h7-8,15,20-22,24-29,32-33H,3-4H2,1-2H3/t7?,8-,15-,20+,21-,22?/m1/s1. The van der Waals surface area contributed by atoms with Gasteiger partial charge < -0.3 is 50.3 Å². The molecule has 1 aliphatic heterocycles. The number of aliphatic hydroxyl groups is 6. The zero-order valence-corrected chi connectivity index (χ0v) is 19.0. The number of methoxy groups -OCH3 is 1. The van der Waals surface area contributed by atoms with Crippen LogP contribution in [0.15, 0.2) is 11.1 Å². The van der Waals surface area contributed by atoms with E-state index in [9.17, 15) is 55.2 Å². The molecule has 4 rings (SSSR count). The Morgan fingerprint density at radius 2 is 1.58 bits per heavy atom. The number of hydrogen-bond acceptors (Lipinski definition) is 13. The molecule has 0 spiro atoms. The van der Waals surface area contributed by atoms with Crippen LogP contribution in [0.5, 0.6) is 11.5 Å². The molecule has 0 aromatic heterocycles. The van der Waals surface area contributed by atoms with Crippen molar-refractivity contribution in [3.05, 3.63) is 33.4 Å². The van der Waals surface area contributed by atoms with Gasteiger partial charge in [0, 0.05) is 17.5 Å². The van der Waals surface area contributed by atoms with Crippen LogP contribution in [-0.2, 0) is 25.5 Å². The lowest BCUT2D eigenvalue weighted by atomic mass is 9.76. The van der Waals surface area contributed by atoms with E-state index in [-0.39, 0.29) is 22.3 Å². The van der Waals surface area contributed by atoms with E-state index in [1.54, 1.807) is 0 Å². The number of Topliss-reactive ketones (excluding diaryl/α,β-unsaturated/α-hetero) is 2. The van der Waals surface area contributed by atoms with Gasteiger partial charge >= 0.3 is 5.97 Å². The van der Waals surface area contributed by atoms with Crippen LogP contribution in [0, 0.1) is 0 Å². The van der Waals surface area contributed by atoms with Gasteiger partial charge in [-0.3, -0.25) is 9.59 Å². The van der Waals surface area contributed by atoms with Gasteiger partial charge in [0.1, 0.15) is 47.8 Å². The van der Waals surface area contributed by atoms with Crippen LogP contribution in [0.4, 0.5) is 0 Å². The van der Waals surface area contributed by atoms with E-state index in [0.29, 0.717) is 0 Å². The van der Waals surface area contributed by atoms with Crippen LogP contribution in [0.3, 0.4) is 0 Å². The van der Waals surface area contributed by atoms with Crippen molar-refractivity contribution in [1.29, 1.82) is 0 Å². The second-order valence-electron chi connectivity index (χ2n) is 8.72. The predicted octanol–water partition coefficient (Wildman–Crippen LogP) is -2.16. The summed E-state index contributed by atoms with van der Waals surface area (Å²) in [5.74, 6) is -6.48. The minimum Gasteiger partial charge on any atom is -0.507 e. The number of carbonyl (C=O) groups excluding carboxylic acids is 3. The van der Waals surface area contributed by atoms with Crippen molar-refractivity contribution >= 4 is 28.9 Å². The molecule has 2 unspecified atom stereocenters. The summed E-state index contributed by atoms with van der Waals surface area (Å²) in [4.78, 5) is 38.2. The first kappa shape index (κ1) is 25.8. The Kier molecular flexibility index (Phi) is 6.41. The number of ether oxygens (including phenoxy) is 2. The normalized spacial score (nSPS) is 30.3. The average Bonchev–Trinajstić information content (AvgIpc) is 2.84. The number of aliphatic hydroxyl groups excluding tert-OH is 6. The molecule has 13 heteroatoms. The molecule has 1 saturated heterocycles. The summed E-state index contributed by atoms with van der Waals surface area (Å²) >= 11 is 0. The van der Waals surface area contributed by atoms with Crippen LogP contribution in [0.1, 0.15) is 34.0 Å². The third-order valence-corrected chi connectivity index (χ3v) is 6.81. The third kappa shape index (κ3) is 3.43. The summed E-state index contributed by atoms with van der Waals surface area (Å²) in [5.41, 5.74) is -2.99. The van der Waals surface area contributed by atoms with Gasteiger partial charge in [-0.25, -0.2) is 4.79 Å².